The van der Waals surface area contributed by atoms with E-state index in [4.69, 9.17) is 4.52 Å². The fraction of sp³-hybridized carbons (Fsp3) is 0.692. The molecule has 0 N–H and O–H groups in total. The van der Waals surface area contributed by atoms with Crippen LogP contribution in [0.2, 0.25) is 0 Å². The standard InChI is InChI=1S/C13H17F3N2O2/c1-8-7-10(17-20-8)12(19)18(2)11-6-4-3-5-9(11)13(14,15)16/h7,9,11H,3-6H2,1-2H3/t9-,11+/m1/s1. The van der Waals surface area contributed by atoms with E-state index in [1.807, 2.05) is 0 Å². The number of aryl methyl sites for hydroxylation is 1. The number of nitrogens with zero attached hydrogens (tertiary/aromatic N) is 2. The predicted molar refractivity (Wildman–Crippen MR) is 65.1 cm³/mol. The topological polar surface area (TPSA) is 46.3 Å². The van der Waals surface area contributed by atoms with Crippen molar-refractivity contribution in [3.63, 3.8) is 0 Å². The Labute approximate surface area is 114 Å². The molecular weight excluding hydrogens is 273 g/mol. The highest BCUT2D eigenvalue weighted by atomic mass is 19.4. The molecule has 0 saturated heterocycles. The molecule has 1 aromatic rings. The van der Waals surface area contributed by atoms with E-state index in [1.165, 1.54) is 13.1 Å². The summed E-state index contributed by atoms with van der Waals surface area (Å²) >= 11 is 0. The molecule has 112 valence electrons. The number of alkyl halides is 3. The molecular formula is C13H17F3N2O2. The van der Waals surface area contributed by atoms with E-state index in [2.05, 4.69) is 5.16 Å². The smallest absolute Gasteiger partial charge is 0.361 e. The van der Waals surface area contributed by atoms with Crippen LogP contribution < -0.4 is 0 Å². The molecule has 0 radical (unpaired) electrons. The van der Waals surface area contributed by atoms with Gasteiger partial charge in [0.1, 0.15) is 5.76 Å². The van der Waals surface area contributed by atoms with Crippen LogP contribution in [0.15, 0.2) is 10.6 Å². The van der Waals surface area contributed by atoms with Crippen LogP contribution in [0.3, 0.4) is 0 Å². The lowest BCUT2D eigenvalue weighted by Crippen LogP contribution is -2.48. The van der Waals surface area contributed by atoms with Crippen molar-refractivity contribution in [2.45, 2.75) is 44.8 Å². The van der Waals surface area contributed by atoms with Gasteiger partial charge in [-0.15, -0.1) is 0 Å². The molecule has 1 fully saturated rings. The number of halogens is 3. The Kier molecular flexibility index (Phi) is 4.06. The number of carbonyl (C=O) groups is 1. The van der Waals surface area contributed by atoms with Crippen LogP contribution in [0.4, 0.5) is 13.2 Å². The summed E-state index contributed by atoms with van der Waals surface area (Å²) in [5.74, 6) is -1.53. The second-order valence-corrected chi connectivity index (χ2v) is 5.24. The average molecular weight is 290 g/mol. The maximum Gasteiger partial charge on any atom is 0.393 e. The first kappa shape index (κ1) is 14.9. The third-order valence-corrected chi connectivity index (χ3v) is 3.81. The molecule has 1 amide bonds. The molecule has 7 heteroatoms. The third kappa shape index (κ3) is 2.96. The van der Waals surface area contributed by atoms with E-state index in [9.17, 15) is 18.0 Å². The zero-order chi connectivity index (χ0) is 14.9. The second-order valence-electron chi connectivity index (χ2n) is 5.24. The van der Waals surface area contributed by atoms with Crippen LogP contribution in [0, 0.1) is 12.8 Å². The van der Waals surface area contributed by atoms with E-state index in [1.54, 1.807) is 6.92 Å². The van der Waals surface area contributed by atoms with Gasteiger partial charge in [0.05, 0.1) is 5.92 Å². The largest absolute Gasteiger partial charge is 0.393 e. The Bertz CT molecular complexity index is 484. The molecule has 0 aliphatic heterocycles. The summed E-state index contributed by atoms with van der Waals surface area (Å²) in [6.07, 6.45) is -2.59. The van der Waals surface area contributed by atoms with Gasteiger partial charge in [-0.25, -0.2) is 0 Å². The Morgan fingerprint density at radius 2 is 2.05 bits per heavy atom. The van der Waals surface area contributed by atoms with Crippen molar-refractivity contribution < 1.29 is 22.5 Å². The highest BCUT2D eigenvalue weighted by Gasteiger charge is 2.47. The first-order chi connectivity index (χ1) is 9.30. The summed E-state index contributed by atoms with van der Waals surface area (Å²) in [6, 6.07) is 0.609. The summed E-state index contributed by atoms with van der Waals surface area (Å²) in [7, 11) is 1.40. The van der Waals surface area contributed by atoms with Gasteiger partial charge in [-0.3, -0.25) is 4.79 Å². The summed E-state index contributed by atoms with van der Waals surface area (Å²) in [4.78, 5) is 13.3. The van der Waals surface area contributed by atoms with Gasteiger partial charge >= 0.3 is 6.18 Å². The maximum absolute atomic E-state index is 13.0. The van der Waals surface area contributed by atoms with Crippen molar-refractivity contribution in [1.82, 2.24) is 10.1 Å². The first-order valence-electron chi connectivity index (χ1n) is 6.58. The molecule has 0 spiro atoms. The van der Waals surface area contributed by atoms with E-state index in [0.29, 0.717) is 25.0 Å². The van der Waals surface area contributed by atoms with E-state index in [-0.39, 0.29) is 12.1 Å². The van der Waals surface area contributed by atoms with Gasteiger partial charge in [0.2, 0.25) is 0 Å². The van der Waals surface area contributed by atoms with Crippen LogP contribution in [0.1, 0.15) is 41.9 Å². The molecule has 1 saturated carbocycles. The van der Waals surface area contributed by atoms with Crippen molar-refractivity contribution in [2.24, 2.45) is 5.92 Å². The van der Waals surface area contributed by atoms with Gasteiger partial charge in [0.25, 0.3) is 5.91 Å². The normalized spacial score (nSPS) is 23.6. The van der Waals surface area contributed by atoms with Gasteiger partial charge in [0.15, 0.2) is 5.69 Å². The summed E-state index contributed by atoms with van der Waals surface area (Å²) < 4.78 is 43.9. The average Bonchev–Trinajstić information content (AvgIpc) is 2.83. The Morgan fingerprint density at radius 1 is 1.40 bits per heavy atom. The van der Waals surface area contributed by atoms with Crippen molar-refractivity contribution in [1.29, 1.82) is 0 Å². The van der Waals surface area contributed by atoms with E-state index in [0.717, 1.165) is 4.90 Å². The number of hydrogen-bond donors (Lipinski definition) is 0. The Hall–Kier alpha value is -1.53. The number of rotatable bonds is 2. The molecule has 1 aromatic heterocycles. The second kappa shape index (κ2) is 5.46. The fourth-order valence-corrected chi connectivity index (χ4v) is 2.76. The lowest BCUT2D eigenvalue weighted by molar-refractivity contribution is -0.195. The van der Waals surface area contributed by atoms with Crippen molar-refractivity contribution >= 4 is 5.91 Å². The monoisotopic (exact) mass is 290 g/mol. The quantitative estimate of drug-likeness (QED) is 0.840. The summed E-state index contributed by atoms with van der Waals surface area (Å²) in [6.45, 7) is 1.63. The van der Waals surface area contributed by atoms with Crippen molar-refractivity contribution in [3.05, 3.63) is 17.5 Å². The van der Waals surface area contributed by atoms with Gasteiger partial charge in [-0.05, 0) is 19.8 Å². The minimum absolute atomic E-state index is 0.0523. The minimum atomic E-state index is -4.28. The molecule has 0 bridgehead atoms. The molecule has 0 unspecified atom stereocenters. The highest BCUT2D eigenvalue weighted by Crippen LogP contribution is 2.39. The number of carbonyl (C=O) groups excluding carboxylic acids is 1. The summed E-state index contributed by atoms with van der Waals surface area (Å²) in [5, 5.41) is 3.57. The Balaban J connectivity index is 2.17. The van der Waals surface area contributed by atoms with E-state index >= 15 is 0 Å². The van der Waals surface area contributed by atoms with Gasteiger partial charge < -0.3 is 9.42 Å². The van der Waals surface area contributed by atoms with Crippen LogP contribution in [-0.2, 0) is 0 Å². The lowest BCUT2D eigenvalue weighted by Gasteiger charge is -2.38. The molecule has 2 atom stereocenters. The SMILES string of the molecule is Cc1cc(C(=O)N(C)[C@H]2CCCC[C@H]2C(F)(F)F)no1. The predicted octanol–water partition coefficient (Wildman–Crippen LogP) is 3.18. The lowest BCUT2D eigenvalue weighted by atomic mass is 9.83. The zero-order valence-electron chi connectivity index (χ0n) is 11.4. The van der Waals surface area contributed by atoms with Crippen LogP contribution in [0.5, 0.6) is 0 Å². The molecule has 20 heavy (non-hydrogen) atoms. The zero-order valence-corrected chi connectivity index (χ0v) is 11.4. The van der Waals surface area contributed by atoms with E-state index < -0.39 is 24.0 Å². The van der Waals surface area contributed by atoms with Crippen LogP contribution in [0.25, 0.3) is 0 Å². The molecule has 1 aliphatic rings. The molecule has 2 rings (SSSR count). The summed E-state index contributed by atoms with van der Waals surface area (Å²) in [5.41, 5.74) is 0.0523. The molecule has 4 nitrogen and oxygen atoms in total. The van der Waals surface area contributed by atoms with Gasteiger partial charge in [0, 0.05) is 19.2 Å². The third-order valence-electron chi connectivity index (χ3n) is 3.81. The maximum atomic E-state index is 13.0. The van der Waals surface area contributed by atoms with Gasteiger partial charge in [-0.1, -0.05) is 18.0 Å². The Morgan fingerprint density at radius 3 is 2.60 bits per heavy atom. The molecule has 0 aromatic carbocycles. The molecule has 1 heterocycles. The first-order valence-corrected chi connectivity index (χ1v) is 6.58. The van der Waals surface area contributed by atoms with Gasteiger partial charge in [-0.2, -0.15) is 13.2 Å². The number of amides is 1. The van der Waals surface area contributed by atoms with Crippen LogP contribution in [-0.4, -0.2) is 35.2 Å². The highest BCUT2D eigenvalue weighted by molar-refractivity contribution is 5.92. The fourth-order valence-electron chi connectivity index (χ4n) is 2.76. The number of aromatic nitrogens is 1. The number of hydrogen-bond acceptors (Lipinski definition) is 3. The van der Waals surface area contributed by atoms with Crippen LogP contribution >= 0.6 is 0 Å². The van der Waals surface area contributed by atoms with Crippen molar-refractivity contribution in [3.8, 4) is 0 Å². The molecule has 1 aliphatic carbocycles. The minimum Gasteiger partial charge on any atom is -0.361 e. The van der Waals surface area contributed by atoms with Crippen molar-refractivity contribution in [2.75, 3.05) is 7.05 Å².